The molecule has 1 aromatic rings. The third-order valence-corrected chi connectivity index (χ3v) is 3.35. The standard InChI is InChI=1S/C12H20BrN3/c1-3-4-8-16(9-7-14)12-6-5-11(13)10(2)15-12/h5-6H,3-4,7-9,14H2,1-2H3. The molecule has 0 radical (unpaired) electrons. The van der Waals surface area contributed by atoms with Gasteiger partial charge in [-0.05, 0) is 41.4 Å². The van der Waals surface area contributed by atoms with Crippen molar-refractivity contribution in [3.05, 3.63) is 22.3 Å². The minimum atomic E-state index is 0.667. The van der Waals surface area contributed by atoms with Gasteiger partial charge in [-0.1, -0.05) is 13.3 Å². The number of halogens is 1. The first-order chi connectivity index (χ1) is 7.69. The molecule has 0 unspecified atom stereocenters. The summed E-state index contributed by atoms with van der Waals surface area (Å²) >= 11 is 3.46. The van der Waals surface area contributed by atoms with Crippen LogP contribution in [0.1, 0.15) is 25.5 Å². The summed E-state index contributed by atoms with van der Waals surface area (Å²) in [5, 5.41) is 0. The van der Waals surface area contributed by atoms with Crippen LogP contribution in [0.15, 0.2) is 16.6 Å². The van der Waals surface area contributed by atoms with Crippen molar-refractivity contribution in [2.24, 2.45) is 5.73 Å². The van der Waals surface area contributed by atoms with Crippen molar-refractivity contribution in [3.63, 3.8) is 0 Å². The molecule has 0 saturated carbocycles. The van der Waals surface area contributed by atoms with Gasteiger partial charge in [0.2, 0.25) is 0 Å². The number of aryl methyl sites for hydroxylation is 1. The predicted molar refractivity (Wildman–Crippen MR) is 72.8 cm³/mol. The normalized spacial score (nSPS) is 10.5. The Hall–Kier alpha value is -0.610. The molecule has 16 heavy (non-hydrogen) atoms. The average Bonchev–Trinajstić information content (AvgIpc) is 2.28. The van der Waals surface area contributed by atoms with Crippen LogP contribution >= 0.6 is 15.9 Å². The van der Waals surface area contributed by atoms with Crippen LogP contribution in [0.5, 0.6) is 0 Å². The lowest BCUT2D eigenvalue weighted by atomic mass is 10.3. The van der Waals surface area contributed by atoms with Gasteiger partial charge in [0.1, 0.15) is 5.82 Å². The molecule has 0 aliphatic carbocycles. The van der Waals surface area contributed by atoms with Crippen LogP contribution in [0.4, 0.5) is 5.82 Å². The fourth-order valence-electron chi connectivity index (χ4n) is 1.55. The Morgan fingerprint density at radius 3 is 2.69 bits per heavy atom. The summed E-state index contributed by atoms with van der Waals surface area (Å²) in [4.78, 5) is 6.82. The Kier molecular flexibility index (Phi) is 5.77. The SMILES string of the molecule is CCCCN(CCN)c1ccc(Br)c(C)n1. The molecule has 1 rings (SSSR count). The molecule has 0 bridgehead atoms. The van der Waals surface area contributed by atoms with Crippen molar-refractivity contribution in [1.29, 1.82) is 0 Å². The van der Waals surface area contributed by atoms with Crippen LogP contribution in [0, 0.1) is 6.92 Å². The van der Waals surface area contributed by atoms with Gasteiger partial charge in [-0.25, -0.2) is 4.98 Å². The van der Waals surface area contributed by atoms with Gasteiger partial charge < -0.3 is 10.6 Å². The largest absolute Gasteiger partial charge is 0.355 e. The van der Waals surface area contributed by atoms with Crippen LogP contribution in [0.25, 0.3) is 0 Å². The zero-order valence-electron chi connectivity index (χ0n) is 10.0. The number of anilines is 1. The summed E-state index contributed by atoms with van der Waals surface area (Å²) in [7, 11) is 0. The summed E-state index contributed by atoms with van der Waals surface area (Å²) in [6.45, 7) is 6.77. The van der Waals surface area contributed by atoms with Gasteiger partial charge in [-0.15, -0.1) is 0 Å². The lowest BCUT2D eigenvalue weighted by molar-refractivity contribution is 0.706. The van der Waals surface area contributed by atoms with E-state index in [9.17, 15) is 0 Å². The molecule has 0 amide bonds. The quantitative estimate of drug-likeness (QED) is 0.874. The highest BCUT2D eigenvalue weighted by molar-refractivity contribution is 9.10. The topological polar surface area (TPSA) is 42.1 Å². The van der Waals surface area contributed by atoms with E-state index in [2.05, 4.69) is 32.7 Å². The van der Waals surface area contributed by atoms with Crippen molar-refractivity contribution in [2.75, 3.05) is 24.5 Å². The molecule has 0 saturated heterocycles. The molecule has 90 valence electrons. The number of pyridine rings is 1. The zero-order chi connectivity index (χ0) is 12.0. The summed E-state index contributed by atoms with van der Waals surface area (Å²) in [6.07, 6.45) is 2.37. The first kappa shape index (κ1) is 13.5. The number of aromatic nitrogens is 1. The molecule has 0 aromatic carbocycles. The molecule has 3 nitrogen and oxygen atoms in total. The maximum absolute atomic E-state index is 5.63. The molecule has 0 atom stereocenters. The number of nitrogens with zero attached hydrogens (tertiary/aromatic N) is 2. The first-order valence-electron chi connectivity index (χ1n) is 5.77. The van der Waals surface area contributed by atoms with Crippen molar-refractivity contribution in [2.45, 2.75) is 26.7 Å². The second-order valence-electron chi connectivity index (χ2n) is 3.87. The zero-order valence-corrected chi connectivity index (χ0v) is 11.6. The van der Waals surface area contributed by atoms with Crippen molar-refractivity contribution < 1.29 is 0 Å². The monoisotopic (exact) mass is 285 g/mol. The molecule has 1 heterocycles. The third kappa shape index (κ3) is 3.76. The van der Waals surface area contributed by atoms with E-state index in [4.69, 9.17) is 5.73 Å². The van der Waals surface area contributed by atoms with Crippen molar-refractivity contribution in [3.8, 4) is 0 Å². The molecule has 1 aromatic heterocycles. The van der Waals surface area contributed by atoms with Crippen LogP contribution in [-0.4, -0.2) is 24.6 Å². The number of nitrogens with two attached hydrogens (primary N) is 1. The summed E-state index contributed by atoms with van der Waals surface area (Å²) in [5.41, 5.74) is 6.65. The van der Waals surface area contributed by atoms with E-state index in [0.717, 1.165) is 29.1 Å². The van der Waals surface area contributed by atoms with Crippen LogP contribution < -0.4 is 10.6 Å². The minimum Gasteiger partial charge on any atom is -0.355 e. The first-order valence-corrected chi connectivity index (χ1v) is 6.56. The molecule has 0 aliphatic rings. The highest BCUT2D eigenvalue weighted by Gasteiger charge is 2.07. The van der Waals surface area contributed by atoms with Gasteiger partial charge in [0.15, 0.2) is 0 Å². The number of hydrogen-bond donors (Lipinski definition) is 1. The molecule has 4 heteroatoms. The Balaban J connectivity index is 2.78. The van der Waals surface area contributed by atoms with Crippen LogP contribution in [-0.2, 0) is 0 Å². The Morgan fingerprint density at radius 2 is 2.12 bits per heavy atom. The Labute approximate surface area is 106 Å². The van der Waals surface area contributed by atoms with E-state index in [1.807, 2.05) is 19.1 Å². The van der Waals surface area contributed by atoms with Crippen molar-refractivity contribution in [1.82, 2.24) is 4.98 Å². The lowest BCUT2D eigenvalue weighted by Gasteiger charge is -2.23. The van der Waals surface area contributed by atoms with Gasteiger partial charge in [0.05, 0.1) is 5.69 Å². The third-order valence-electron chi connectivity index (χ3n) is 2.51. The van der Waals surface area contributed by atoms with Gasteiger partial charge >= 0.3 is 0 Å². The van der Waals surface area contributed by atoms with E-state index in [1.54, 1.807) is 0 Å². The fraction of sp³-hybridized carbons (Fsp3) is 0.583. The molecule has 0 spiro atoms. The second-order valence-corrected chi connectivity index (χ2v) is 4.72. The van der Waals surface area contributed by atoms with E-state index in [0.29, 0.717) is 6.54 Å². The molecular weight excluding hydrogens is 266 g/mol. The van der Waals surface area contributed by atoms with Gasteiger partial charge in [-0.3, -0.25) is 0 Å². The molecule has 2 N–H and O–H groups in total. The Morgan fingerprint density at radius 1 is 1.38 bits per heavy atom. The summed E-state index contributed by atoms with van der Waals surface area (Å²) < 4.78 is 1.06. The van der Waals surface area contributed by atoms with Crippen molar-refractivity contribution >= 4 is 21.7 Å². The smallest absolute Gasteiger partial charge is 0.128 e. The Bertz CT molecular complexity index is 328. The highest BCUT2D eigenvalue weighted by Crippen LogP contribution is 2.19. The van der Waals surface area contributed by atoms with Gasteiger partial charge in [0.25, 0.3) is 0 Å². The maximum Gasteiger partial charge on any atom is 0.128 e. The number of hydrogen-bond acceptors (Lipinski definition) is 3. The summed E-state index contributed by atoms with van der Waals surface area (Å²) in [6, 6.07) is 4.09. The fourth-order valence-corrected chi connectivity index (χ4v) is 1.77. The second kappa shape index (κ2) is 6.86. The molecular formula is C12H20BrN3. The molecule has 0 aliphatic heterocycles. The highest BCUT2D eigenvalue weighted by atomic mass is 79.9. The lowest BCUT2D eigenvalue weighted by Crippen LogP contribution is -2.31. The predicted octanol–water partition coefficient (Wildman–Crippen LogP) is 2.72. The van der Waals surface area contributed by atoms with Gasteiger partial charge in [0, 0.05) is 24.1 Å². The van der Waals surface area contributed by atoms with Crippen LogP contribution in [0.3, 0.4) is 0 Å². The summed E-state index contributed by atoms with van der Waals surface area (Å²) in [5.74, 6) is 1.03. The van der Waals surface area contributed by atoms with Crippen LogP contribution in [0.2, 0.25) is 0 Å². The minimum absolute atomic E-state index is 0.667. The number of unbranched alkanes of at least 4 members (excludes halogenated alkanes) is 1. The van der Waals surface area contributed by atoms with Gasteiger partial charge in [-0.2, -0.15) is 0 Å². The van der Waals surface area contributed by atoms with E-state index < -0.39 is 0 Å². The number of rotatable bonds is 6. The van der Waals surface area contributed by atoms with E-state index in [1.165, 1.54) is 12.8 Å². The van der Waals surface area contributed by atoms with E-state index in [-0.39, 0.29) is 0 Å². The molecule has 0 fully saturated rings. The van der Waals surface area contributed by atoms with E-state index >= 15 is 0 Å². The average molecular weight is 286 g/mol. The maximum atomic E-state index is 5.63.